The molecule has 0 bridgehead atoms. The van der Waals surface area contributed by atoms with Crippen molar-refractivity contribution in [2.45, 2.75) is 24.2 Å². The number of nitrogens with one attached hydrogen (secondary N) is 1. The fourth-order valence-electron chi connectivity index (χ4n) is 2.90. The molecule has 0 saturated carbocycles. The van der Waals surface area contributed by atoms with E-state index in [0.29, 0.717) is 25.9 Å². The highest BCUT2D eigenvalue weighted by molar-refractivity contribution is 7.89. The number of ether oxygens (including phenoxy) is 1. The van der Waals surface area contributed by atoms with Crippen LogP contribution in [-0.2, 0) is 14.8 Å². The smallest absolute Gasteiger partial charge is 0.303 e. The van der Waals surface area contributed by atoms with E-state index in [1.165, 1.54) is 32.4 Å². The van der Waals surface area contributed by atoms with Crippen molar-refractivity contribution in [3.63, 3.8) is 0 Å². The number of aliphatic carboxylic acids is 1. The van der Waals surface area contributed by atoms with Gasteiger partial charge >= 0.3 is 5.97 Å². The Morgan fingerprint density at radius 2 is 1.96 bits per heavy atom. The second-order valence-electron chi connectivity index (χ2n) is 5.91. The van der Waals surface area contributed by atoms with Gasteiger partial charge in [0.15, 0.2) is 0 Å². The molecular weight excluding hydrogens is 348 g/mol. The van der Waals surface area contributed by atoms with Crippen molar-refractivity contribution in [1.29, 1.82) is 0 Å². The zero-order valence-electron chi connectivity index (χ0n) is 14.2. The van der Waals surface area contributed by atoms with Crippen LogP contribution in [0.2, 0.25) is 0 Å². The van der Waals surface area contributed by atoms with Crippen LogP contribution < -0.4 is 9.46 Å². The van der Waals surface area contributed by atoms with Crippen LogP contribution in [0.15, 0.2) is 23.1 Å². The highest BCUT2D eigenvalue weighted by Crippen LogP contribution is 2.27. The molecule has 1 heterocycles. The molecule has 1 aliphatic heterocycles. The number of carboxylic acid groups (broad SMARTS) is 1. The monoisotopic (exact) mass is 370 g/mol. The molecule has 1 fully saturated rings. The minimum absolute atomic E-state index is 0.0673. The number of amides is 1. The second-order valence-corrected chi connectivity index (χ2v) is 7.76. The number of carbonyl (C=O) groups is 2. The predicted molar refractivity (Wildman–Crippen MR) is 90.1 cm³/mol. The van der Waals surface area contributed by atoms with E-state index < -0.39 is 16.0 Å². The highest BCUT2D eigenvalue weighted by Gasteiger charge is 2.27. The maximum atomic E-state index is 12.6. The molecule has 2 rings (SSSR count). The Morgan fingerprint density at radius 1 is 1.32 bits per heavy atom. The normalized spacial score (nSPS) is 15.8. The number of carbonyl (C=O) groups excluding carboxylic acids is 1. The third-order valence-corrected chi connectivity index (χ3v) is 5.77. The summed E-state index contributed by atoms with van der Waals surface area (Å²) in [5.74, 6) is -0.880. The molecule has 0 atom stereocenters. The zero-order valence-corrected chi connectivity index (χ0v) is 15.0. The van der Waals surface area contributed by atoms with Crippen molar-refractivity contribution in [1.82, 2.24) is 9.62 Å². The lowest BCUT2D eigenvalue weighted by Crippen LogP contribution is -2.39. The van der Waals surface area contributed by atoms with E-state index in [2.05, 4.69) is 4.72 Å². The number of piperidine rings is 1. The lowest BCUT2D eigenvalue weighted by Gasteiger charge is -2.31. The molecule has 2 N–H and O–H groups in total. The molecule has 0 aromatic heterocycles. The number of nitrogens with zero attached hydrogens (tertiary/aromatic N) is 1. The number of benzene rings is 1. The average molecular weight is 370 g/mol. The van der Waals surface area contributed by atoms with E-state index in [0.717, 1.165) is 0 Å². The Balaban J connectivity index is 2.18. The van der Waals surface area contributed by atoms with E-state index in [9.17, 15) is 18.0 Å². The molecule has 0 spiro atoms. The summed E-state index contributed by atoms with van der Waals surface area (Å²) in [7, 11) is -1.11. The van der Waals surface area contributed by atoms with Crippen LogP contribution in [0.25, 0.3) is 0 Å². The standard InChI is InChI=1S/C16H22N2O6S/c1-17-25(22,23)14-10-12(3-4-13(14)24-2)16(21)18-7-5-11(6-8-18)9-15(19)20/h3-4,10-11,17H,5-9H2,1-2H3,(H,19,20). The van der Waals surface area contributed by atoms with Gasteiger partial charge in [-0.3, -0.25) is 9.59 Å². The fourth-order valence-corrected chi connectivity index (χ4v) is 3.82. The zero-order chi connectivity index (χ0) is 18.6. The summed E-state index contributed by atoms with van der Waals surface area (Å²) in [6, 6.07) is 4.28. The molecule has 0 radical (unpaired) electrons. The van der Waals surface area contributed by atoms with Gasteiger partial charge in [-0.2, -0.15) is 0 Å². The quantitative estimate of drug-likeness (QED) is 0.770. The molecule has 0 unspecified atom stereocenters. The summed E-state index contributed by atoms with van der Waals surface area (Å²) in [6.07, 6.45) is 1.35. The van der Waals surface area contributed by atoms with Crippen molar-refractivity contribution < 1.29 is 27.9 Å². The van der Waals surface area contributed by atoms with Crippen LogP contribution in [0.3, 0.4) is 0 Å². The first-order valence-corrected chi connectivity index (χ1v) is 9.39. The van der Waals surface area contributed by atoms with Crippen LogP contribution in [-0.4, -0.2) is 57.5 Å². The van der Waals surface area contributed by atoms with E-state index >= 15 is 0 Å². The van der Waals surface area contributed by atoms with Gasteiger partial charge in [0.05, 0.1) is 7.11 Å². The molecule has 1 aromatic carbocycles. The molecule has 1 saturated heterocycles. The molecular formula is C16H22N2O6S. The average Bonchev–Trinajstić information content (AvgIpc) is 2.60. The Morgan fingerprint density at radius 3 is 2.48 bits per heavy atom. The van der Waals surface area contributed by atoms with E-state index in [-0.39, 0.29) is 34.5 Å². The van der Waals surface area contributed by atoms with Gasteiger partial charge in [0.2, 0.25) is 10.0 Å². The topological polar surface area (TPSA) is 113 Å². The van der Waals surface area contributed by atoms with Gasteiger partial charge in [0, 0.05) is 25.1 Å². The number of carboxylic acids is 1. The van der Waals surface area contributed by atoms with E-state index in [4.69, 9.17) is 9.84 Å². The van der Waals surface area contributed by atoms with Crippen LogP contribution in [0.4, 0.5) is 0 Å². The molecule has 25 heavy (non-hydrogen) atoms. The van der Waals surface area contributed by atoms with Crippen molar-refractivity contribution in [2.24, 2.45) is 5.92 Å². The van der Waals surface area contributed by atoms with Crippen molar-refractivity contribution in [3.8, 4) is 5.75 Å². The Hall–Kier alpha value is -2.13. The fraction of sp³-hybridized carbons (Fsp3) is 0.500. The number of sulfonamides is 1. The van der Waals surface area contributed by atoms with Gasteiger partial charge < -0.3 is 14.7 Å². The number of likely N-dealkylation sites (tertiary alicyclic amines) is 1. The van der Waals surface area contributed by atoms with Gasteiger partial charge in [-0.05, 0) is 44.0 Å². The largest absolute Gasteiger partial charge is 0.495 e. The summed E-state index contributed by atoms with van der Waals surface area (Å²) in [6.45, 7) is 0.911. The number of rotatable bonds is 6. The first-order chi connectivity index (χ1) is 11.8. The summed E-state index contributed by atoms with van der Waals surface area (Å²) >= 11 is 0. The summed E-state index contributed by atoms with van der Waals surface area (Å²) in [4.78, 5) is 24.9. The Bertz CT molecular complexity index is 754. The maximum absolute atomic E-state index is 12.6. The Kier molecular flexibility index (Phi) is 6.02. The van der Waals surface area contributed by atoms with Crippen LogP contribution in [0, 0.1) is 5.92 Å². The molecule has 8 nitrogen and oxygen atoms in total. The van der Waals surface area contributed by atoms with Crippen LogP contribution >= 0.6 is 0 Å². The maximum Gasteiger partial charge on any atom is 0.303 e. The Labute approximate surface area is 146 Å². The predicted octanol–water partition coefficient (Wildman–Crippen LogP) is 0.930. The number of methoxy groups -OCH3 is 1. The highest BCUT2D eigenvalue weighted by atomic mass is 32.2. The van der Waals surface area contributed by atoms with Crippen molar-refractivity contribution >= 4 is 21.9 Å². The minimum atomic E-state index is -3.76. The van der Waals surface area contributed by atoms with Gasteiger partial charge in [0.1, 0.15) is 10.6 Å². The molecule has 0 aliphatic carbocycles. The lowest BCUT2D eigenvalue weighted by atomic mass is 9.93. The van der Waals surface area contributed by atoms with Crippen LogP contribution in [0.5, 0.6) is 5.75 Å². The first-order valence-electron chi connectivity index (χ1n) is 7.91. The molecule has 1 aliphatic rings. The number of hydrogen-bond acceptors (Lipinski definition) is 5. The SMILES string of the molecule is CNS(=O)(=O)c1cc(C(=O)N2CCC(CC(=O)O)CC2)ccc1OC. The molecule has 1 amide bonds. The third kappa shape index (κ3) is 4.49. The van der Waals surface area contributed by atoms with Gasteiger partial charge in [-0.25, -0.2) is 13.1 Å². The summed E-state index contributed by atoms with van der Waals surface area (Å²) in [5, 5.41) is 8.84. The van der Waals surface area contributed by atoms with Gasteiger partial charge in [0.25, 0.3) is 5.91 Å². The van der Waals surface area contributed by atoms with Crippen LogP contribution in [0.1, 0.15) is 29.6 Å². The summed E-state index contributed by atoms with van der Waals surface area (Å²) in [5.41, 5.74) is 0.256. The summed E-state index contributed by atoms with van der Waals surface area (Å²) < 4.78 is 31.5. The molecule has 1 aromatic rings. The molecule has 138 valence electrons. The third-order valence-electron chi connectivity index (χ3n) is 4.33. The van der Waals surface area contributed by atoms with Gasteiger partial charge in [-0.15, -0.1) is 0 Å². The van der Waals surface area contributed by atoms with E-state index in [1.54, 1.807) is 4.90 Å². The van der Waals surface area contributed by atoms with Gasteiger partial charge in [-0.1, -0.05) is 0 Å². The molecule has 9 heteroatoms. The van der Waals surface area contributed by atoms with Crippen molar-refractivity contribution in [3.05, 3.63) is 23.8 Å². The van der Waals surface area contributed by atoms with Crippen molar-refractivity contribution in [2.75, 3.05) is 27.2 Å². The number of hydrogen-bond donors (Lipinski definition) is 2. The van der Waals surface area contributed by atoms with E-state index in [1.807, 2.05) is 0 Å². The first kappa shape index (κ1) is 19.2. The second kappa shape index (κ2) is 7.83. The minimum Gasteiger partial charge on any atom is -0.495 e. The lowest BCUT2D eigenvalue weighted by molar-refractivity contribution is -0.138.